The number of nitriles is 1. The standard InChI is InChI=1S/C15H18N2.C10H11NO/c1-4-7-13(15(16)17)10-12(3)14-9-6-5-8-11(14)2;1-2-9-3-5-10(6-4-9)7-12-8-11/h4-10H,1H2,2-3H3,(H3,16,17);3-6H,2,7H2,1H3/b12-10+,13-7+;. The van der Waals surface area contributed by atoms with E-state index in [2.05, 4.69) is 49.4 Å². The molecule has 2 aromatic rings. The number of nitrogens with one attached hydrogen (secondary N) is 1. The van der Waals surface area contributed by atoms with E-state index in [1.54, 1.807) is 18.4 Å². The molecule has 0 bridgehead atoms. The number of aryl methyl sites for hydroxylation is 2. The van der Waals surface area contributed by atoms with Crippen molar-refractivity contribution in [1.29, 1.82) is 10.7 Å². The van der Waals surface area contributed by atoms with E-state index in [4.69, 9.17) is 16.4 Å². The molecule has 29 heavy (non-hydrogen) atoms. The number of hydrogen-bond acceptors (Lipinski definition) is 3. The average molecular weight is 388 g/mol. The van der Waals surface area contributed by atoms with Crippen LogP contribution in [0.1, 0.15) is 36.1 Å². The minimum absolute atomic E-state index is 0.0536. The van der Waals surface area contributed by atoms with Crippen molar-refractivity contribution in [3.8, 4) is 6.26 Å². The lowest BCUT2D eigenvalue weighted by Gasteiger charge is -2.07. The van der Waals surface area contributed by atoms with Crippen LogP contribution in [0.2, 0.25) is 0 Å². The first kappa shape index (κ1) is 23.5. The summed E-state index contributed by atoms with van der Waals surface area (Å²) >= 11 is 0. The normalized spacial score (nSPS) is 11.0. The lowest BCUT2D eigenvalue weighted by atomic mass is 9.99. The average Bonchev–Trinajstić information content (AvgIpc) is 2.73. The highest BCUT2D eigenvalue weighted by Crippen LogP contribution is 2.19. The van der Waals surface area contributed by atoms with Crippen molar-refractivity contribution in [3.05, 3.63) is 101 Å². The topological polar surface area (TPSA) is 82.9 Å². The minimum Gasteiger partial charge on any atom is -0.423 e. The number of benzene rings is 2. The van der Waals surface area contributed by atoms with E-state index in [1.807, 2.05) is 37.3 Å². The molecule has 0 fully saturated rings. The Bertz CT molecular complexity index is 916. The van der Waals surface area contributed by atoms with Crippen molar-refractivity contribution in [1.82, 2.24) is 0 Å². The van der Waals surface area contributed by atoms with Gasteiger partial charge in [0, 0.05) is 5.57 Å². The second-order valence-corrected chi connectivity index (χ2v) is 6.46. The molecule has 0 spiro atoms. The Morgan fingerprint density at radius 2 is 1.79 bits per heavy atom. The number of allylic oxidation sites excluding steroid dienone is 3. The van der Waals surface area contributed by atoms with Gasteiger partial charge in [-0.1, -0.05) is 74.2 Å². The monoisotopic (exact) mass is 387 g/mol. The second kappa shape index (κ2) is 12.7. The lowest BCUT2D eigenvalue weighted by molar-refractivity contribution is 0.257. The maximum absolute atomic E-state index is 8.16. The number of amidine groups is 1. The van der Waals surface area contributed by atoms with Gasteiger partial charge in [0.2, 0.25) is 0 Å². The van der Waals surface area contributed by atoms with E-state index in [9.17, 15) is 0 Å². The summed E-state index contributed by atoms with van der Waals surface area (Å²) in [5, 5.41) is 15.6. The van der Waals surface area contributed by atoms with Crippen LogP contribution in [-0.4, -0.2) is 5.84 Å². The zero-order valence-corrected chi connectivity index (χ0v) is 17.4. The van der Waals surface area contributed by atoms with Gasteiger partial charge in [-0.05, 0) is 54.2 Å². The summed E-state index contributed by atoms with van der Waals surface area (Å²) in [6.45, 7) is 10.2. The summed E-state index contributed by atoms with van der Waals surface area (Å²) in [4.78, 5) is 0. The molecule has 0 heterocycles. The first-order valence-corrected chi connectivity index (χ1v) is 9.43. The summed E-state index contributed by atoms with van der Waals surface area (Å²) in [7, 11) is 0. The summed E-state index contributed by atoms with van der Waals surface area (Å²) in [5.41, 5.74) is 12.0. The van der Waals surface area contributed by atoms with Gasteiger partial charge in [-0.25, -0.2) is 0 Å². The van der Waals surface area contributed by atoms with Crippen LogP contribution < -0.4 is 5.73 Å². The molecule has 2 rings (SSSR count). The number of hydrogen-bond donors (Lipinski definition) is 2. The molecule has 0 aliphatic heterocycles. The van der Waals surface area contributed by atoms with Crippen LogP contribution in [0.5, 0.6) is 0 Å². The summed E-state index contributed by atoms with van der Waals surface area (Å²) < 4.78 is 4.60. The third-order valence-electron chi connectivity index (χ3n) is 4.28. The van der Waals surface area contributed by atoms with Gasteiger partial charge in [-0.3, -0.25) is 5.41 Å². The maximum Gasteiger partial charge on any atom is 0.286 e. The van der Waals surface area contributed by atoms with Crippen LogP contribution in [0.25, 0.3) is 5.57 Å². The van der Waals surface area contributed by atoms with Crippen molar-refractivity contribution in [2.45, 2.75) is 33.8 Å². The third-order valence-corrected chi connectivity index (χ3v) is 4.28. The van der Waals surface area contributed by atoms with E-state index in [0.717, 1.165) is 17.6 Å². The van der Waals surface area contributed by atoms with E-state index in [-0.39, 0.29) is 5.84 Å². The fourth-order valence-electron chi connectivity index (χ4n) is 2.66. The molecule has 0 atom stereocenters. The van der Waals surface area contributed by atoms with Gasteiger partial charge in [-0.15, -0.1) is 0 Å². The maximum atomic E-state index is 8.16. The first-order chi connectivity index (χ1) is 13.9. The Kier molecular flexibility index (Phi) is 10.3. The first-order valence-electron chi connectivity index (χ1n) is 9.43. The Morgan fingerprint density at radius 3 is 2.31 bits per heavy atom. The van der Waals surface area contributed by atoms with Gasteiger partial charge in [0.05, 0.1) is 0 Å². The van der Waals surface area contributed by atoms with Gasteiger partial charge < -0.3 is 10.5 Å². The van der Waals surface area contributed by atoms with Crippen LogP contribution in [0.3, 0.4) is 0 Å². The third kappa shape index (κ3) is 8.32. The second-order valence-electron chi connectivity index (χ2n) is 6.46. The number of rotatable bonds is 7. The minimum atomic E-state index is 0.0536. The predicted octanol–water partition coefficient (Wildman–Crippen LogP) is 5.69. The summed E-state index contributed by atoms with van der Waals surface area (Å²) in [6.07, 6.45) is 7.97. The Morgan fingerprint density at radius 1 is 1.17 bits per heavy atom. The van der Waals surface area contributed by atoms with Gasteiger partial charge in [-0.2, -0.15) is 5.26 Å². The zero-order chi connectivity index (χ0) is 21.6. The molecule has 150 valence electrons. The fourth-order valence-corrected chi connectivity index (χ4v) is 2.66. The molecule has 2 aromatic carbocycles. The summed E-state index contributed by atoms with van der Waals surface area (Å²) in [6, 6.07) is 16.2. The molecule has 0 aromatic heterocycles. The highest BCUT2D eigenvalue weighted by atomic mass is 16.5. The van der Waals surface area contributed by atoms with Crippen molar-refractivity contribution in [2.75, 3.05) is 0 Å². The smallest absolute Gasteiger partial charge is 0.286 e. The number of nitrogens with two attached hydrogens (primary N) is 1. The number of ether oxygens (including phenoxy) is 1. The summed E-state index contributed by atoms with van der Waals surface area (Å²) in [5.74, 6) is 0.0536. The van der Waals surface area contributed by atoms with Gasteiger partial charge in [0.25, 0.3) is 6.26 Å². The van der Waals surface area contributed by atoms with E-state index in [1.165, 1.54) is 16.7 Å². The molecular weight excluding hydrogens is 358 g/mol. The molecule has 0 aliphatic carbocycles. The molecular formula is C25H29N3O. The van der Waals surface area contributed by atoms with E-state index < -0.39 is 0 Å². The molecule has 4 nitrogen and oxygen atoms in total. The molecule has 0 unspecified atom stereocenters. The number of nitrogens with zero attached hydrogens (tertiary/aromatic N) is 1. The molecule has 0 saturated carbocycles. The fraction of sp³-hybridized carbons (Fsp3) is 0.200. The van der Waals surface area contributed by atoms with Gasteiger partial charge >= 0.3 is 0 Å². The van der Waals surface area contributed by atoms with Crippen molar-refractivity contribution >= 4 is 11.4 Å². The zero-order valence-electron chi connectivity index (χ0n) is 17.4. The molecule has 0 saturated heterocycles. The van der Waals surface area contributed by atoms with Crippen LogP contribution in [0, 0.1) is 23.9 Å². The molecule has 3 N–H and O–H groups in total. The van der Waals surface area contributed by atoms with Gasteiger partial charge in [0.1, 0.15) is 12.4 Å². The predicted molar refractivity (Wildman–Crippen MR) is 121 cm³/mol. The van der Waals surface area contributed by atoms with Crippen molar-refractivity contribution < 1.29 is 4.74 Å². The van der Waals surface area contributed by atoms with Crippen molar-refractivity contribution in [3.63, 3.8) is 0 Å². The van der Waals surface area contributed by atoms with Crippen molar-refractivity contribution in [2.24, 2.45) is 5.73 Å². The molecule has 4 heteroatoms. The molecule has 0 radical (unpaired) electrons. The largest absolute Gasteiger partial charge is 0.423 e. The highest BCUT2D eigenvalue weighted by molar-refractivity contribution is 5.99. The van der Waals surface area contributed by atoms with E-state index in [0.29, 0.717) is 12.2 Å². The lowest BCUT2D eigenvalue weighted by Crippen LogP contribution is -2.11. The highest BCUT2D eigenvalue weighted by Gasteiger charge is 2.02. The van der Waals surface area contributed by atoms with E-state index >= 15 is 0 Å². The molecule has 0 amide bonds. The Balaban J connectivity index is 0.000000308. The van der Waals surface area contributed by atoms with Gasteiger partial charge in [0.15, 0.2) is 0 Å². The quantitative estimate of drug-likeness (QED) is 0.277. The Hall–Kier alpha value is -3.58. The van der Waals surface area contributed by atoms with Crippen LogP contribution in [-0.2, 0) is 17.8 Å². The SMILES string of the molecule is C=C/C=C(\C=C(/C)c1ccccc1C)C(=N)N.CCc1ccc(COC#N)cc1. The van der Waals surface area contributed by atoms with Crippen LogP contribution in [0.4, 0.5) is 0 Å². The Labute approximate surface area is 174 Å². The van der Waals surface area contributed by atoms with Crippen LogP contribution >= 0.6 is 0 Å². The van der Waals surface area contributed by atoms with Crippen LogP contribution in [0.15, 0.2) is 78.9 Å². The molecule has 0 aliphatic rings.